The van der Waals surface area contributed by atoms with Crippen LogP contribution in [0.1, 0.15) is 22.3 Å². The summed E-state index contributed by atoms with van der Waals surface area (Å²) in [6.45, 7) is 5.53. The Labute approximate surface area is 145 Å². The smallest absolute Gasteiger partial charge is 0.200 e. The lowest BCUT2D eigenvalue weighted by molar-refractivity contribution is 0.583. The second kappa shape index (κ2) is 7.27. The Morgan fingerprint density at radius 2 is 1.65 bits per heavy atom. The molecule has 122 valence electrons. The Kier molecular flexibility index (Phi) is 5.59. The van der Waals surface area contributed by atoms with E-state index in [4.69, 9.17) is 0 Å². The summed E-state index contributed by atoms with van der Waals surface area (Å²) in [4.78, 5) is 2.64. The van der Waals surface area contributed by atoms with Gasteiger partial charge in [-0.15, -0.1) is 0 Å². The summed E-state index contributed by atoms with van der Waals surface area (Å²) in [6.07, 6.45) is 0. The maximum absolute atomic E-state index is 12.6. The van der Waals surface area contributed by atoms with Crippen molar-refractivity contribution in [3.05, 3.63) is 64.7 Å². The molecule has 2 rings (SSSR count). The Morgan fingerprint density at radius 1 is 1.09 bits per heavy atom. The monoisotopic (exact) mass is 394 g/mol. The predicted molar refractivity (Wildman–Crippen MR) is 97.7 cm³/mol. The van der Waals surface area contributed by atoms with E-state index in [1.165, 1.54) is 0 Å². The van der Waals surface area contributed by atoms with E-state index < -0.39 is 10.0 Å². The van der Waals surface area contributed by atoms with Crippen molar-refractivity contribution >= 4 is 31.7 Å². The van der Waals surface area contributed by atoms with Crippen LogP contribution in [-0.4, -0.2) is 19.5 Å². The SMILES string of the molecule is Cc1cc(C)c(S(=O)(=O)N/N=C(\CBr)c2ccccc2)c(C)c1. The van der Waals surface area contributed by atoms with E-state index in [1.807, 2.05) is 49.4 Å². The Morgan fingerprint density at radius 3 is 2.17 bits per heavy atom. The van der Waals surface area contributed by atoms with Crippen LogP contribution in [0.2, 0.25) is 0 Å². The highest BCUT2D eigenvalue weighted by atomic mass is 79.9. The number of rotatable bonds is 5. The number of nitrogens with zero attached hydrogens (tertiary/aromatic N) is 1. The highest BCUT2D eigenvalue weighted by Crippen LogP contribution is 2.21. The van der Waals surface area contributed by atoms with Crippen LogP contribution in [0.15, 0.2) is 52.5 Å². The molecule has 4 nitrogen and oxygen atoms in total. The van der Waals surface area contributed by atoms with Gasteiger partial charge < -0.3 is 0 Å². The molecule has 0 heterocycles. The summed E-state index contributed by atoms with van der Waals surface area (Å²) >= 11 is 3.35. The zero-order chi connectivity index (χ0) is 17.0. The topological polar surface area (TPSA) is 58.5 Å². The molecule has 0 saturated heterocycles. The van der Waals surface area contributed by atoms with Crippen LogP contribution < -0.4 is 4.83 Å². The number of halogens is 1. The summed E-state index contributed by atoms with van der Waals surface area (Å²) in [5.74, 6) is 0. The van der Waals surface area contributed by atoms with Crippen molar-refractivity contribution in [3.8, 4) is 0 Å². The van der Waals surface area contributed by atoms with Crippen molar-refractivity contribution in [2.75, 3.05) is 5.33 Å². The summed E-state index contributed by atoms with van der Waals surface area (Å²) in [7, 11) is -3.71. The number of nitrogens with one attached hydrogen (secondary N) is 1. The normalized spacial score (nSPS) is 12.3. The summed E-state index contributed by atoms with van der Waals surface area (Å²) in [6, 6.07) is 13.2. The van der Waals surface area contributed by atoms with E-state index in [0.717, 1.165) is 11.1 Å². The van der Waals surface area contributed by atoms with Gasteiger partial charge in [-0.1, -0.05) is 64.0 Å². The van der Waals surface area contributed by atoms with Gasteiger partial charge in [-0.2, -0.15) is 18.4 Å². The van der Waals surface area contributed by atoms with Crippen LogP contribution >= 0.6 is 15.9 Å². The van der Waals surface area contributed by atoms with Gasteiger partial charge in [0.25, 0.3) is 10.0 Å². The molecular formula is C17H19BrN2O2S. The van der Waals surface area contributed by atoms with Gasteiger partial charge in [0, 0.05) is 5.33 Å². The maximum Gasteiger partial charge on any atom is 0.277 e. The lowest BCUT2D eigenvalue weighted by atomic mass is 10.1. The van der Waals surface area contributed by atoms with Crippen molar-refractivity contribution in [2.45, 2.75) is 25.7 Å². The average molecular weight is 395 g/mol. The number of hydrogen-bond donors (Lipinski definition) is 1. The van der Waals surface area contributed by atoms with Gasteiger partial charge in [-0.25, -0.2) is 0 Å². The minimum absolute atomic E-state index is 0.286. The second-order valence-electron chi connectivity index (χ2n) is 5.38. The molecule has 2 aromatic carbocycles. The van der Waals surface area contributed by atoms with Gasteiger partial charge in [-0.3, -0.25) is 0 Å². The first kappa shape index (κ1) is 17.7. The van der Waals surface area contributed by atoms with Crippen LogP contribution in [0.5, 0.6) is 0 Å². The van der Waals surface area contributed by atoms with Crippen molar-refractivity contribution in [3.63, 3.8) is 0 Å². The van der Waals surface area contributed by atoms with Gasteiger partial charge in [-0.05, 0) is 37.5 Å². The number of hydrazone groups is 1. The van der Waals surface area contributed by atoms with Crippen LogP contribution in [0.25, 0.3) is 0 Å². The molecule has 0 aliphatic heterocycles. The Balaban J connectivity index is 2.37. The van der Waals surface area contributed by atoms with Gasteiger partial charge in [0.2, 0.25) is 0 Å². The number of aryl methyl sites for hydroxylation is 3. The summed E-state index contributed by atoms with van der Waals surface area (Å²) in [5.41, 5.74) is 3.95. The molecule has 6 heteroatoms. The molecule has 23 heavy (non-hydrogen) atoms. The molecule has 0 bridgehead atoms. The lowest BCUT2D eigenvalue weighted by Gasteiger charge is -2.12. The van der Waals surface area contributed by atoms with Crippen LogP contribution in [-0.2, 0) is 10.0 Å². The first-order chi connectivity index (χ1) is 10.8. The minimum Gasteiger partial charge on any atom is -0.200 e. The number of hydrogen-bond acceptors (Lipinski definition) is 3. The Bertz CT molecular complexity index is 808. The van der Waals surface area contributed by atoms with Gasteiger partial charge in [0.1, 0.15) is 0 Å². The quantitative estimate of drug-likeness (QED) is 0.477. The van der Waals surface area contributed by atoms with Crippen molar-refractivity contribution in [2.24, 2.45) is 5.10 Å². The number of benzene rings is 2. The first-order valence-electron chi connectivity index (χ1n) is 7.12. The maximum atomic E-state index is 12.6. The Hall–Kier alpha value is -1.66. The highest BCUT2D eigenvalue weighted by molar-refractivity contribution is 9.09. The van der Waals surface area contributed by atoms with Gasteiger partial charge >= 0.3 is 0 Å². The van der Waals surface area contributed by atoms with E-state index in [0.29, 0.717) is 22.2 Å². The van der Waals surface area contributed by atoms with Crippen LogP contribution in [0.3, 0.4) is 0 Å². The van der Waals surface area contributed by atoms with Crippen LogP contribution in [0, 0.1) is 20.8 Å². The fraction of sp³-hybridized carbons (Fsp3) is 0.235. The molecule has 0 fully saturated rings. The summed E-state index contributed by atoms with van der Waals surface area (Å²) in [5, 5.41) is 4.55. The molecule has 0 aliphatic carbocycles. The third-order valence-corrected chi connectivity index (χ3v) is 5.45. The molecule has 0 amide bonds. The van der Waals surface area contributed by atoms with E-state index in [9.17, 15) is 8.42 Å². The zero-order valence-electron chi connectivity index (χ0n) is 13.3. The second-order valence-corrected chi connectivity index (χ2v) is 7.54. The molecule has 0 aliphatic rings. The molecule has 0 saturated carbocycles. The highest BCUT2D eigenvalue weighted by Gasteiger charge is 2.19. The minimum atomic E-state index is -3.71. The molecule has 0 radical (unpaired) electrons. The lowest BCUT2D eigenvalue weighted by Crippen LogP contribution is -2.23. The molecule has 2 aromatic rings. The fourth-order valence-electron chi connectivity index (χ4n) is 2.55. The van der Waals surface area contributed by atoms with E-state index >= 15 is 0 Å². The molecular weight excluding hydrogens is 376 g/mol. The third-order valence-electron chi connectivity index (χ3n) is 3.41. The zero-order valence-corrected chi connectivity index (χ0v) is 15.7. The number of sulfonamides is 1. The molecule has 0 spiro atoms. The molecule has 1 N–H and O–H groups in total. The first-order valence-corrected chi connectivity index (χ1v) is 9.73. The summed E-state index contributed by atoms with van der Waals surface area (Å²) < 4.78 is 25.2. The van der Waals surface area contributed by atoms with Crippen molar-refractivity contribution < 1.29 is 8.42 Å². The van der Waals surface area contributed by atoms with Crippen molar-refractivity contribution in [1.29, 1.82) is 0 Å². The third kappa shape index (κ3) is 4.20. The van der Waals surface area contributed by atoms with Crippen LogP contribution in [0.4, 0.5) is 0 Å². The largest absolute Gasteiger partial charge is 0.277 e. The molecule has 0 unspecified atom stereocenters. The van der Waals surface area contributed by atoms with Gasteiger partial charge in [0.05, 0.1) is 10.6 Å². The van der Waals surface area contributed by atoms with Crippen molar-refractivity contribution in [1.82, 2.24) is 4.83 Å². The van der Waals surface area contributed by atoms with E-state index in [-0.39, 0.29) is 4.90 Å². The van der Waals surface area contributed by atoms with Gasteiger partial charge in [0.15, 0.2) is 0 Å². The number of alkyl halides is 1. The average Bonchev–Trinajstić information content (AvgIpc) is 2.47. The van der Waals surface area contributed by atoms with E-state index in [1.54, 1.807) is 13.8 Å². The fourth-order valence-corrected chi connectivity index (χ4v) is 4.29. The molecule has 0 atom stereocenters. The standard InChI is InChI=1S/C17H19BrN2O2S/c1-12-9-13(2)17(14(3)10-12)23(21,22)20-19-16(11-18)15-7-5-4-6-8-15/h4-10,20H,11H2,1-3H3/b19-16+. The predicted octanol–water partition coefficient (Wildman–Crippen LogP) is 3.69. The molecule has 0 aromatic heterocycles. The van der Waals surface area contributed by atoms with E-state index in [2.05, 4.69) is 25.9 Å².